The van der Waals surface area contributed by atoms with Crippen molar-refractivity contribution >= 4 is 12.2 Å². The van der Waals surface area contributed by atoms with E-state index < -0.39 is 0 Å². The van der Waals surface area contributed by atoms with Crippen LogP contribution < -0.4 is 0 Å². The highest BCUT2D eigenvalue weighted by Crippen LogP contribution is 2.39. The number of hydrogen-bond donors (Lipinski definition) is 0. The molecule has 0 atom stereocenters. The Morgan fingerprint density at radius 1 is 1.00 bits per heavy atom. The second kappa shape index (κ2) is 8.65. The first-order valence-electron chi connectivity index (χ1n) is 11.0. The molecule has 2 fully saturated rings. The van der Waals surface area contributed by atoms with Crippen molar-refractivity contribution in [2.45, 2.75) is 39.0 Å². The Balaban J connectivity index is 1.28. The molecule has 5 nitrogen and oxygen atoms in total. The van der Waals surface area contributed by atoms with E-state index in [1.165, 1.54) is 17.2 Å². The average Bonchev–Trinajstić information content (AvgIpc) is 3.54. The monoisotopic (exact) mass is 437 g/mol. The van der Waals surface area contributed by atoms with E-state index in [0.717, 1.165) is 45.6 Å². The van der Waals surface area contributed by atoms with Gasteiger partial charge in [-0.2, -0.15) is 5.10 Å². The summed E-state index contributed by atoms with van der Waals surface area (Å²) in [4.78, 5) is 4.88. The summed E-state index contributed by atoms with van der Waals surface area (Å²) < 4.78 is 19.1. The van der Waals surface area contributed by atoms with Crippen molar-refractivity contribution in [2.75, 3.05) is 26.2 Å². The van der Waals surface area contributed by atoms with Crippen LogP contribution in [0, 0.1) is 17.5 Å². The van der Waals surface area contributed by atoms with Gasteiger partial charge in [0.15, 0.2) is 10.6 Å². The molecule has 0 radical (unpaired) electrons. The van der Waals surface area contributed by atoms with Crippen LogP contribution in [-0.2, 0) is 13.2 Å². The van der Waals surface area contributed by atoms with E-state index in [0.29, 0.717) is 28.9 Å². The quantitative estimate of drug-likeness (QED) is 0.526. The standard InChI is InChI=1S/C24H28FN5S/c1-18-5-4-6-19(15-18)16-27-11-13-28(14-12-27)17-29-24(31)30(20-9-10-20)23(26-29)21-7-2-3-8-22(21)25/h2-8,15,20H,9-14,16-17H2,1H3. The van der Waals surface area contributed by atoms with E-state index in [1.807, 2.05) is 10.7 Å². The molecule has 162 valence electrons. The number of hydrogen-bond acceptors (Lipinski definition) is 4. The Labute approximate surface area is 187 Å². The predicted octanol–water partition coefficient (Wildman–Crippen LogP) is 4.64. The van der Waals surface area contributed by atoms with Crippen molar-refractivity contribution < 1.29 is 4.39 Å². The fraction of sp³-hybridized carbons (Fsp3) is 0.417. The Hall–Kier alpha value is -2.35. The zero-order valence-corrected chi connectivity index (χ0v) is 18.7. The van der Waals surface area contributed by atoms with Gasteiger partial charge in [0.1, 0.15) is 5.82 Å². The van der Waals surface area contributed by atoms with Crippen molar-refractivity contribution in [1.29, 1.82) is 0 Å². The Morgan fingerprint density at radius 2 is 1.74 bits per heavy atom. The van der Waals surface area contributed by atoms with Gasteiger partial charge < -0.3 is 0 Å². The van der Waals surface area contributed by atoms with Crippen LogP contribution >= 0.6 is 12.2 Å². The normalized spacial score (nSPS) is 17.9. The predicted molar refractivity (Wildman–Crippen MR) is 123 cm³/mol. The number of nitrogens with zero attached hydrogens (tertiary/aromatic N) is 5. The number of aryl methyl sites for hydroxylation is 1. The highest BCUT2D eigenvalue weighted by atomic mass is 32.1. The van der Waals surface area contributed by atoms with Gasteiger partial charge >= 0.3 is 0 Å². The summed E-state index contributed by atoms with van der Waals surface area (Å²) in [6, 6.07) is 15.9. The largest absolute Gasteiger partial charge is 0.297 e. The summed E-state index contributed by atoms with van der Waals surface area (Å²) in [5, 5.41) is 4.77. The lowest BCUT2D eigenvalue weighted by atomic mass is 10.1. The third-order valence-electron chi connectivity index (χ3n) is 6.18. The van der Waals surface area contributed by atoms with Gasteiger partial charge in [0.25, 0.3) is 0 Å². The zero-order valence-electron chi connectivity index (χ0n) is 17.9. The summed E-state index contributed by atoms with van der Waals surface area (Å²) in [5.41, 5.74) is 3.21. The summed E-state index contributed by atoms with van der Waals surface area (Å²) in [7, 11) is 0. The van der Waals surface area contributed by atoms with Crippen molar-refractivity contribution in [3.8, 4) is 11.4 Å². The molecule has 0 amide bonds. The first-order valence-corrected chi connectivity index (χ1v) is 11.4. The molecule has 2 aromatic carbocycles. The van der Waals surface area contributed by atoms with Gasteiger partial charge in [0.2, 0.25) is 0 Å². The summed E-state index contributed by atoms with van der Waals surface area (Å²) >= 11 is 5.77. The molecule has 0 N–H and O–H groups in total. The minimum absolute atomic E-state index is 0.249. The number of aromatic nitrogens is 3. The van der Waals surface area contributed by atoms with Crippen LogP contribution in [0.3, 0.4) is 0 Å². The summed E-state index contributed by atoms with van der Waals surface area (Å²) in [6.45, 7) is 7.76. The number of benzene rings is 2. The molecule has 5 rings (SSSR count). The topological polar surface area (TPSA) is 29.2 Å². The third kappa shape index (κ3) is 4.49. The lowest BCUT2D eigenvalue weighted by Crippen LogP contribution is -2.46. The Bertz CT molecular complexity index is 1120. The van der Waals surface area contributed by atoms with Crippen molar-refractivity contribution in [2.24, 2.45) is 0 Å². The Morgan fingerprint density at radius 3 is 2.45 bits per heavy atom. The van der Waals surface area contributed by atoms with Crippen LogP contribution in [0.2, 0.25) is 0 Å². The molecule has 31 heavy (non-hydrogen) atoms. The van der Waals surface area contributed by atoms with Crippen molar-refractivity contribution in [1.82, 2.24) is 24.1 Å². The Kier molecular flexibility index (Phi) is 5.73. The van der Waals surface area contributed by atoms with E-state index in [9.17, 15) is 4.39 Å². The first-order chi connectivity index (χ1) is 15.1. The van der Waals surface area contributed by atoms with Crippen LogP contribution in [0.5, 0.6) is 0 Å². The number of halogens is 1. The molecule has 1 aliphatic heterocycles. The number of rotatable bonds is 6. The van der Waals surface area contributed by atoms with Crippen LogP contribution in [-0.4, -0.2) is 50.3 Å². The van der Waals surface area contributed by atoms with Crippen LogP contribution in [0.15, 0.2) is 48.5 Å². The summed E-state index contributed by atoms with van der Waals surface area (Å²) in [6.07, 6.45) is 2.16. The minimum atomic E-state index is -0.249. The van der Waals surface area contributed by atoms with E-state index >= 15 is 0 Å². The average molecular weight is 438 g/mol. The fourth-order valence-corrected chi connectivity index (χ4v) is 4.68. The SMILES string of the molecule is Cc1cccc(CN2CCN(Cn3nc(-c4ccccc4F)n(C4CC4)c3=S)CC2)c1. The maximum absolute atomic E-state index is 14.5. The van der Waals surface area contributed by atoms with Crippen LogP contribution in [0.25, 0.3) is 11.4 Å². The fourth-order valence-electron chi connectivity index (χ4n) is 4.35. The van der Waals surface area contributed by atoms with Gasteiger partial charge in [-0.15, -0.1) is 0 Å². The van der Waals surface area contributed by atoms with Gasteiger partial charge in [-0.25, -0.2) is 9.07 Å². The number of piperazine rings is 1. The van der Waals surface area contributed by atoms with Gasteiger partial charge in [0, 0.05) is 38.8 Å². The molecule has 1 aliphatic carbocycles. The molecule has 1 saturated carbocycles. The molecule has 2 heterocycles. The van der Waals surface area contributed by atoms with Crippen LogP contribution in [0.4, 0.5) is 4.39 Å². The maximum Gasteiger partial charge on any atom is 0.199 e. The molecule has 0 unspecified atom stereocenters. The molecular weight excluding hydrogens is 409 g/mol. The highest BCUT2D eigenvalue weighted by molar-refractivity contribution is 7.71. The molecule has 2 aliphatic rings. The van der Waals surface area contributed by atoms with Crippen LogP contribution in [0.1, 0.15) is 30.0 Å². The maximum atomic E-state index is 14.5. The molecule has 0 bridgehead atoms. The van der Waals surface area contributed by atoms with E-state index in [2.05, 4.69) is 45.6 Å². The second-order valence-corrected chi connectivity index (χ2v) is 9.08. The van der Waals surface area contributed by atoms with E-state index in [1.54, 1.807) is 12.1 Å². The van der Waals surface area contributed by atoms with Crippen molar-refractivity contribution in [3.63, 3.8) is 0 Å². The second-order valence-electron chi connectivity index (χ2n) is 8.71. The molecule has 1 aromatic heterocycles. The minimum Gasteiger partial charge on any atom is -0.297 e. The van der Waals surface area contributed by atoms with Crippen molar-refractivity contribution in [3.05, 3.63) is 70.2 Å². The van der Waals surface area contributed by atoms with E-state index in [4.69, 9.17) is 17.3 Å². The van der Waals surface area contributed by atoms with E-state index in [-0.39, 0.29) is 5.82 Å². The highest BCUT2D eigenvalue weighted by Gasteiger charge is 2.30. The van der Waals surface area contributed by atoms with Gasteiger partial charge in [-0.05, 0) is 49.7 Å². The van der Waals surface area contributed by atoms with Gasteiger partial charge in [-0.3, -0.25) is 14.4 Å². The van der Waals surface area contributed by atoms with Gasteiger partial charge in [-0.1, -0.05) is 42.0 Å². The molecule has 7 heteroatoms. The van der Waals surface area contributed by atoms with Gasteiger partial charge in [0.05, 0.1) is 12.2 Å². The molecular formula is C24H28FN5S. The molecule has 3 aromatic rings. The molecule has 0 spiro atoms. The first kappa shape index (κ1) is 20.5. The lowest BCUT2D eigenvalue weighted by Gasteiger charge is -2.34. The third-order valence-corrected chi connectivity index (χ3v) is 6.59. The smallest absolute Gasteiger partial charge is 0.199 e. The lowest BCUT2D eigenvalue weighted by molar-refractivity contribution is 0.0980. The summed E-state index contributed by atoms with van der Waals surface area (Å²) in [5.74, 6) is 0.407. The zero-order chi connectivity index (χ0) is 21.4. The molecule has 1 saturated heterocycles.